The van der Waals surface area contributed by atoms with E-state index in [9.17, 15) is 14.4 Å². The third-order valence-electron chi connectivity index (χ3n) is 6.57. The van der Waals surface area contributed by atoms with E-state index in [1.807, 2.05) is 0 Å². The molecule has 5 rings (SSSR count). The number of carbonyl (C=O) groups excluding carboxylic acids is 3. The van der Waals surface area contributed by atoms with Crippen LogP contribution in [0.4, 0.5) is 5.69 Å². The lowest BCUT2D eigenvalue weighted by atomic mass is 9.49. The van der Waals surface area contributed by atoms with Crippen molar-refractivity contribution in [2.75, 3.05) is 11.9 Å². The van der Waals surface area contributed by atoms with Crippen molar-refractivity contribution in [3.05, 3.63) is 29.8 Å². The van der Waals surface area contributed by atoms with Gasteiger partial charge in [0.05, 0.1) is 12.1 Å². The number of anilines is 1. The van der Waals surface area contributed by atoms with Gasteiger partial charge in [-0.05, 0) is 74.8 Å². The van der Waals surface area contributed by atoms with Crippen molar-refractivity contribution in [1.82, 2.24) is 0 Å². The van der Waals surface area contributed by atoms with Gasteiger partial charge in [-0.1, -0.05) is 28.1 Å². The van der Waals surface area contributed by atoms with Crippen molar-refractivity contribution in [1.29, 1.82) is 0 Å². The van der Waals surface area contributed by atoms with Gasteiger partial charge in [0.2, 0.25) is 0 Å². The number of esters is 1. The number of rotatable bonds is 6. The molecule has 4 fully saturated rings. The highest BCUT2D eigenvalue weighted by Gasteiger charge is 2.57. The molecule has 0 saturated heterocycles. The maximum atomic E-state index is 12.5. The van der Waals surface area contributed by atoms with E-state index in [0.29, 0.717) is 29.5 Å². The minimum Gasteiger partial charge on any atom is -0.456 e. The summed E-state index contributed by atoms with van der Waals surface area (Å²) in [5.41, 5.74) is 0.916. The fraction of sp³-hybridized carbons (Fsp3) is 0.591. The monoisotopic (exact) mass is 447 g/mol. The Morgan fingerprint density at radius 1 is 1.14 bits per heavy atom. The molecular formula is C22H26BrNO4. The van der Waals surface area contributed by atoms with Crippen LogP contribution in [0.15, 0.2) is 24.3 Å². The highest BCUT2D eigenvalue weighted by Crippen LogP contribution is 2.65. The Kier molecular flexibility index (Phi) is 5.10. The summed E-state index contributed by atoms with van der Waals surface area (Å²) in [6.45, 7) is 1.13. The number of Topliss-reactive ketones (excluding diaryl/α,β-unsaturated/α-hetero) is 1. The average Bonchev–Trinajstić information content (AvgIpc) is 2.57. The van der Waals surface area contributed by atoms with Crippen LogP contribution in [0.25, 0.3) is 0 Å². The van der Waals surface area contributed by atoms with Gasteiger partial charge in [-0.15, -0.1) is 0 Å². The number of hydrogen-bond donors (Lipinski definition) is 1. The molecule has 4 saturated carbocycles. The van der Waals surface area contributed by atoms with E-state index in [4.69, 9.17) is 4.74 Å². The molecule has 6 heteroatoms. The van der Waals surface area contributed by atoms with Crippen LogP contribution in [0.3, 0.4) is 0 Å². The first-order chi connectivity index (χ1) is 13.3. The maximum absolute atomic E-state index is 12.5. The second kappa shape index (κ2) is 7.29. The number of ether oxygens (including phenoxy) is 1. The number of alkyl halides is 1. The maximum Gasteiger partial charge on any atom is 0.306 e. The minimum absolute atomic E-state index is 0.0301. The average molecular weight is 448 g/mol. The summed E-state index contributed by atoms with van der Waals surface area (Å²) in [5, 5.41) is 2.67. The molecule has 0 radical (unpaired) electrons. The largest absolute Gasteiger partial charge is 0.456 e. The SMILES string of the molecule is CC(=O)c1ccccc1NC(=O)COC(=O)CC12C[C@H]3C[C@@H](CC(Br)(C3)C1)C2. The standard InChI is InChI=1S/C22H26BrNO4/c1-14(25)17-4-2-3-5-18(17)24-19(26)12-28-20(27)11-21-7-15-6-16(8-21)10-22(23,9-15)13-21/h2-5,15-16H,6-13H2,1H3,(H,24,26)/t15-,16-,21?,22?/m1/s1. The molecule has 1 aromatic rings. The fourth-order valence-electron chi connectivity index (χ4n) is 6.13. The predicted molar refractivity (Wildman–Crippen MR) is 109 cm³/mol. The number of amides is 1. The highest BCUT2D eigenvalue weighted by molar-refractivity contribution is 9.10. The van der Waals surface area contributed by atoms with E-state index in [1.54, 1.807) is 24.3 Å². The number of nitrogens with one attached hydrogen (secondary N) is 1. The second-order valence-corrected chi connectivity index (χ2v) is 10.8. The van der Waals surface area contributed by atoms with Gasteiger partial charge in [0.25, 0.3) is 5.91 Å². The Morgan fingerprint density at radius 2 is 1.82 bits per heavy atom. The van der Waals surface area contributed by atoms with Gasteiger partial charge in [-0.2, -0.15) is 0 Å². The van der Waals surface area contributed by atoms with Crippen molar-refractivity contribution in [2.24, 2.45) is 17.3 Å². The third kappa shape index (κ3) is 4.02. The van der Waals surface area contributed by atoms with Gasteiger partial charge in [-0.25, -0.2) is 0 Å². The Labute approximate surface area is 173 Å². The van der Waals surface area contributed by atoms with Crippen molar-refractivity contribution >= 4 is 39.3 Å². The molecular weight excluding hydrogens is 422 g/mol. The van der Waals surface area contributed by atoms with Crippen molar-refractivity contribution < 1.29 is 19.1 Å². The molecule has 0 unspecified atom stereocenters. The molecule has 1 aromatic carbocycles. The minimum atomic E-state index is -0.426. The quantitative estimate of drug-likeness (QED) is 0.395. The Bertz CT molecular complexity index is 807. The number of halogens is 1. The van der Waals surface area contributed by atoms with E-state index in [1.165, 1.54) is 26.2 Å². The smallest absolute Gasteiger partial charge is 0.306 e. The van der Waals surface area contributed by atoms with Gasteiger partial charge in [0, 0.05) is 9.89 Å². The summed E-state index contributed by atoms with van der Waals surface area (Å²) < 4.78 is 5.50. The summed E-state index contributed by atoms with van der Waals surface area (Å²) in [6.07, 6.45) is 7.36. The number of carbonyl (C=O) groups is 3. The molecule has 0 spiro atoms. The van der Waals surface area contributed by atoms with E-state index in [2.05, 4.69) is 21.2 Å². The van der Waals surface area contributed by atoms with E-state index in [0.717, 1.165) is 19.3 Å². The van der Waals surface area contributed by atoms with Crippen LogP contribution in [-0.2, 0) is 14.3 Å². The zero-order valence-corrected chi connectivity index (χ0v) is 17.7. The third-order valence-corrected chi connectivity index (χ3v) is 7.50. The fourth-order valence-corrected chi connectivity index (χ4v) is 7.64. The molecule has 150 valence electrons. The molecule has 0 aliphatic heterocycles. The summed E-state index contributed by atoms with van der Waals surface area (Å²) in [5.74, 6) is 0.565. The molecule has 0 heterocycles. The first kappa shape index (κ1) is 19.6. The van der Waals surface area contributed by atoms with Crippen molar-refractivity contribution in [3.8, 4) is 0 Å². The molecule has 4 aliphatic carbocycles. The normalized spacial score (nSPS) is 32.8. The molecule has 5 nitrogen and oxygen atoms in total. The molecule has 4 bridgehead atoms. The number of benzene rings is 1. The lowest BCUT2D eigenvalue weighted by Gasteiger charge is -2.60. The van der Waals surface area contributed by atoms with Crippen LogP contribution in [-0.4, -0.2) is 28.6 Å². The molecule has 1 N–H and O–H groups in total. The van der Waals surface area contributed by atoms with E-state index >= 15 is 0 Å². The highest BCUT2D eigenvalue weighted by atomic mass is 79.9. The summed E-state index contributed by atoms with van der Waals surface area (Å²) in [6, 6.07) is 6.82. The van der Waals surface area contributed by atoms with Gasteiger partial charge in [-0.3, -0.25) is 14.4 Å². The van der Waals surface area contributed by atoms with Crippen LogP contribution in [0.2, 0.25) is 0 Å². The first-order valence-electron chi connectivity index (χ1n) is 10.0. The van der Waals surface area contributed by atoms with Crippen LogP contribution in [0, 0.1) is 17.3 Å². The lowest BCUT2D eigenvalue weighted by Crippen LogP contribution is -2.53. The van der Waals surface area contributed by atoms with Gasteiger partial charge in [0.15, 0.2) is 12.4 Å². The number of hydrogen-bond acceptors (Lipinski definition) is 4. The van der Waals surface area contributed by atoms with E-state index in [-0.39, 0.29) is 28.1 Å². The summed E-state index contributed by atoms with van der Waals surface area (Å²) in [7, 11) is 0. The van der Waals surface area contributed by atoms with Gasteiger partial charge < -0.3 is 10.1 Å². The molecule has 4 aliphatic rings. The first-order valence-corrected chi connectivity index (χ1v) is 10.8. The number of para-hydroxylation sites is 1. The van der Waals surface area contributed by atoms with Crippen LogP contribution in [0.1, 0.15) is 62.2 Å². The van der Waals surface area contributed by atoms with Crippen molar-refractivity contribution in [2.45, 2.75) is 56.2 Å². The number of ketones is 1. The van der Waals surface area contributed by atoms with Crippen LogP contribution < -0.4 is 5.32 Å². The van der Waals surface area contributed by atoms with Crippen LogP contribution in [0.5, 0.6) is 0 Å². The molecule has 2 atom stereocenters. The predicted octanol–water partition coefficient (Wildman–Crippen LogP) is 4.49. The zero-order valence-electron chi connectivity index (χ0n) is 16.1. The molecule has 0 aromatic heterocycles. The Hall–Kier alpha value is -1.69. The zero-order chi connectivity index (χ0) is 19.9. The summed E-state index contributed by atoms with van der Waals surface area (Å²) in [4.78, 5) is 36.3. The van der Waals surface area contributed by atoms with E-state index < -0.39 is 5.91 Å². The lowest BCUT2D eigenvalue weighted by molar-refractivity contribution is -0.153. The Balaban J connectivity index is 1.32. The van der Waals surface area contributed by atoms with Gasteiger partial charge in [0.1, 0.15) is 0 Å². The summed E-state index contributed by atoms with van der Waals surface area (Å²) >= 11 is 3.96. The molecule has 28 heavy (non-hydrogen) atoms. The Morgan fingerprint density at radius 3 is 2.46 bits per heavy atom. The van der Waals surface area contributed by atoms with Crippen LogP contribution >= 0.6 is 15.9 Å². The molecule has 1 amide bonds. The topological polar surface area (TPSA) is 72.5 Å². The van der Waals surface area contributed by atoms with Gasteiger partial charge >= 0.3 is 5.97 Å². The van der Waals surface area contributed by atoms with Crippen molar-refractivity contribution in [3.63, 3.8) is 0 Å². The second-order valence-electron chi connectivity index (χ2n) is 9.10.